The normalized spacial score (nSPS) is 34.6. The minimum atomic E-state index is 0.444. The summed E-state index contributed by atoms with van der Waals surface area (Å²) in [6, 6.07) is 0. The monoisotopic (exact) mass is 505 g/mol. The number of hydrogen-bond donors (Lipinski definition) is 3. The third-order valence-electron chi connectivity index (χ3n) is 10.4. The molecule has 36 heavy (non-hydrogen) atoms. The Hall–Kier alpha value is -0.710. The molecule has 3 saturated carbocycles. The maximum absolute atomic E-state index is 8.25. The summed E-state index contributed by atoms with van der Waals surface area (Å²) >= 11 is 0. The Kier molecular flexibility index (Phi) is 13.9. The van der Waals surface area contributed by atoms with Crippen molar-refractivity contribution in [2.45, 2.75) is 120 Å². The van der Waals surface area contributed by atoms with Crippen LogP contribution in [-0.4, -0.2) is 33.5 Å². The Morgan fingerprint density at radius 1 is 1.08 bits per heavy atom. The topological polar surface area (TPSA) is 57.1 Å². The summed E-state index contributed by atoms with van der Waals surface area (Å²) in [4.78, 5) is 4.29. The molecule has 0 heterocycles. The lowest BCUT2D eigenvalue weighted by atomic mass is 9.47. The highest BCUT2D eigenvalue weighted by Crippen LogP contribution is 2.66. The van der Waals surface area contributed by atoms with Crippen molar-refractivity contribution in [3.63, 3.8) is 0 Å². The zero-order valence-electron chi connectivity index (χ0n) is 26.1. The largest absolute Gasteiger partial charge is 0.319 e. The van der Waals surface area contributed by atoms with Crippen LogP contribution < -0.4 is 10.8 Å². The summed E-state index contributed by atoms with van der Waals surface area (Å²) < 4.78 is 0. The van der Waals surface area contributed by atoms with Crippen molar-refractivity contribution in [3.8, 4) is 0 Å². The Morgan fingerprint density at radius 3 is 2.22 bits per heavy atom. The zero-order valence-corrected chi connectivity index (χ0v) is 26.1. The van der Waals surface area contributed by atoms with Gasteiger partial charge < -0.3 is 15.6 Å². The van der Waals surface area contributed by atoms with Gasteiger partial charge in [0.2, 0.25) is 0 Å². The van der Waals surface area contributed by atoms with E-state index in [4.69, 9.17) is 5.41 Å². The van der Waals surface area contributed by atoms with Gasteiger partial charge in [0.25, 0.3) is 0 Å². The molecule has 212 valence electrons. The SMILES string of the molecule is CC.CC(=N)C1CCC2C3CCC4=CCCCC4(C)C3CCC12C.CCC(C)(C)CNC.CNOC. The highest BCUT2D eigenvalue weighted by atomic mass is 16.6. The molecule has 3 fully saturated rings. The Morgan fingerprint density at radius 2 is 1.72 bits per heavy atom. The van der Waals surface area contributed by atoms with Crippen LogP contribution in [0.4, 0.5) is 0 Å². The average Bonchev–Trinajstić information content (AvgIpc) is 3.23. The van der Waals surface area contributed by atoms with E-state index in [0.29, 0.717) is 22.2 Å². The number of hydrogen-bond acceptors (Lipinski definition) is 4. The number of nitrogens with one attached hydrogen (secondary N) is 3. The molecule has 0 aromatic carbocycles. The van der Waals surface area contributed by atoms with Gasteiger partial charge in [-0.2, -0.15) is 0 Å². The summed E-state index contributed by atoms with van der Waals surface area (Å²) in [6.45, 7) is 19.1. The molecule has 0 amide bonds. The minimum absolute atomic E-state index is 0.444. The van der Waals surface area contributed by atoms with Gasteiger partial charge in [-0.25, -0.2) is 5.48 Å². The molecule has 6 unspecified atom stereocenters. The van der Waals surface area contributed by atoms with Crippen molar-refractivity contribution in [2.24, 2.45) is 39.9 Å². The molecule has 4 rings (SSSR count). The van der Waals surface area contributed by atoms with Crippen LogP contribution in [-0.2, 0) is 4.84 Å². The van der Waals surface area contributed by atoms with Gasteiger partial charge >= 0.3 is 0 Å². The Bertz CT molecular complexity index is 685. The average molecular weight is 506 g/mol. The van der Waals surface area contributed by atoms with Crippen molar-refractivity contribution in [3.05, 3.63) is 11.6 Å². The molecule has 4 nitrogen and oxygen atoms in total. The van der Waals surface area contributed by atoms with E-state index in [1.807, 2.05) is 26.5 Å². The summed E-state index contributed by atoms with van der Waals surface area (Å²) in [5, 5.41) is 11.4. The second-order valence-electron chi connectivity index (χ2n) is 12.8. The fourth-order valence-corrected chi connectivity index (χ4v) is 8.07. The Labute approximate surface area is 225 Å². The lowest BCUT2D eigenvalue weighted by molar-refractivity contribution is -0.0431. The van der Waals surface area contributed by atoms with Gasteiger partial charge in [-0.05, 0) is 119 Å². The van der Waals surface area contributed by atoms with Gasteiger partial charge in [-0.3, -0.25) is 0 Å². The van der Waals surface area contributed by atoms with Crippen molar-refractivity contribution < 1.29 is 4.84 Å². The lowest BCUT2D eigenvalue weighted by Gasteiger charge is -2.58. The van der Waals surface area contributed by atoms with Crippen LogP contribution in [0, 0.1) is 45.3 Å². The molecule has 3 N–H and O–H groups in total. The maximum Gasteiger partial charge on any atom is 0.0572 e. The number of allylic oxidation sites excluding steroid dienone is 2. The highest BCUT2D eigenvalue weighted by molar-refractivity contribution is 5.82. The molecule has 0 bridgehead atoms. The van der Waals surface area contributed by atoms with E-state index in [1.54, 1.807) is 14.2 Å². The van der Waals surface area contributed by atoms with Gasteiger partial charge in [0, 0.05) is 18.7 Å². The first kappa shape index (κ1) is 33.3. The molecule has 0 spiro atoms. The van der Waals surface area contributed by atoms with Crippen LogP contribution in [0.5, 0.6) is 0 Å². The van der Waals surface area contributed by atoms with Crippen molar-refractivity contribution in [2.75, 3.05) is 27.7 Å². The summed E-state index contributed by atoms with van der Waals surface area (Å²) in [5.74, 6) is 3.37. The molecule has 0 aliphatic heterocycles. The molecular formula is C32H63N3O. The number of fused-ring (bicyclic) bond motifs is 5. The highest BCUT2D eigenvalue weighted by Gasteiger charge is 2.58. The van der Waals surface area contributed by atoms with Crippen LogP contribution in [0.1, 0.15) is 120 Å². The van der Waals surface area contributed by atoms with E-state index in [9.17, 15) is 0 Å². The van der Waals surface area contributed by atoms with Crippen LogP contribution in [0.2, 0.25) is 0 Å². The molecule has 4 aliphatic carbocycles. The fourth-order valence-electron chi connectivity index (χ4n) is 8.07. The summed E-state index contributed by atoms with van der Waals surface area (Å²) in [6.07, 6.45) is 16.3. The van der Waals surface area contributed by atoms with Crippen molar-refractivity contribution >= 4 is 5.71 Å². The lowest BCUT2D eigenvalue weighted by Crippen LogP contribution is -2.50. The van der Waals surface area contributed by atoms with Crippen LogP contribution >= 0.6 is 0 Å². The first-order chi connectivity index (χ1) is 17.0. The van der Waals surface area contributed by atoms with Gasteiger partial charge in [-0.15, -0.1) is 0 Å². The van der Waals surface area contributed by atoms with Gasteiger partial charge in [0.1, 0.15) is 0 Å². The van der Waals surface area contributed by atoms with E-state index in [2.05, 4.69) is 63.3 Å². The predicted molar refractivity (Wildman–Crippen MR) is 159 cm³/mol. The van der Waals surface area contributed by atoms with Gasteiger partial charge in [0.15, 0.2) is 0 Å². The molecular weight excluding hydrogens is 442 g/mol. The third kappa shape index (κ3) is 7.67. The van der Waals surface area contributed by atoms with Crippen LogP contribution in [0.15, 0.2) is 11.6 Å². The number of hydroxylamine groups is 1. The molecule has 0 radical (unpaired) electrons. The smallest absolute Gasteiger partial charge is 0.0572 e. The maximum atomic E-state index is 8.25. The minimum Gasteiger partial charge on any atom is -0.319 e. The molecule has 4 heteroatoms. The second kappa shape index (κ2) is 15.0. The van der Waals surface area contributed by atoms with Gasteiger partial charge in [-0.1, -0.05) is 60.1 Å². The molecule has 0 aromatic heterocycles. The van der Waals surface area contributed by atoms with Crippen LogP contribution in [0.3, 0.4) is 0 Å². The molecule has 0 aromatic rings. The van der Waals surface area contributed by atoms with Crippen molar-refractivity contribution in [1.82, 2.24) is 10.8 Å². The van der Waals surface area contributed by atoms with E-state index in [1.165, 1.54) is 64.2 Å². The van der Waals surface area contributed by atoms with E-state index >= 15 is 0 Å². The van der Waals surface area contributed by atoms with Crippen LogP contribution in [0.25, 0.3) is 0 Å². The number of rotatable bonds is 5. The van der Waals surface area contributed by atoms with E-state index in [0.717, 1.165) is 30.0 Å². The fraction of sp³-hybridized carbons (Fsp3) is 0.906. The first-order valence-corrected chi connectivity index (χ1v) is 15.1. The predicted octanol–water partition coefficient (Wildman–Crippen LogP) is 8.43. The summed E-state index contributed by atoms with van der Waals surface area (Å²) in [5.41, 5.74) is 6.67. The quantitative estimate of drug-likeness (QED) is 0.200. The summed E-state index contributed by atoms with van der Waals surface area (Å²) in [7, 11) is 5.28. The van der Waals surface area contributed by atoms with E-state index in [-0.39, 0.29) is 0 Å². The molecule has 0 saturated heterocycles. The van der Waals surface area contributed by atoms with E-state index < -0.39 is 0 Å². The van der Waals surface area contributed by atoms with Gasteiger partial charge in [0.05, 0.1) is 7.11 Å². The molecule has 6 atom stereocenters. The standard InChI is InChI=1S/C21H33N.C7H17N.C2H7NO.C2H6/c1-14(22)17-9-10-18-16-8-7-15-6-4-5-12-20(15,2)19(16)11-13-21(17,18)3;1-5-7(2,3)6-8-4;1-3-4-2;1-2/h6,16-19,22H,4-5,7-13H2,1-3H3;8H,5-6H2,1-4H3;3H,1-2H3;1-2H3. The van der Waals surface area contributed by atoms with Crippen molar-refractivity contribution in [1.29, 1.82) is 5.41 Å². The first-order valence-electron chi connectivity index (χ1n) is 15.1. The third-order valence-corrected chi connectivity index (χ3v) is 10.4. The Balaban J connectivity index is 0.000000389. The molecule has 4 aliphatic rings. The second-order valence-corrected chi connectivity index (χ2v) is 12.8. The zero-order chi connectivity index (χ0) is 27.6.